The van der Waals surface area contributed by atoms with Crippen LogP contribution in [0.3, 0.4) is 0 Å². The normalized spacial score (nSPS) is 15.1. The van der Waals surface area contributed by atoms with Gasteiger partial charge in [-0.25, -0.2) is 16.8 Å². The van der Waals surface area contributed by atoms with Gasteiger partial charge in [0.1, 0.15) is 0 Å². The Bertz CT molecular complexity index is 1380. The van der Waals surface area contributed by atoms with Crippen molar-refractivity contribution in [3.05, 3.63) is 66.2 Å². The van der Waals surface area contributed by atoms with Gasteiger partial charge in [-0.05, 0) is 61.4 Å². The van der Waals surface area contributed by atoms with E-state index in [1.54, 1.807) is 30.3 Å². The van der Waals surface area contributed by atoms with Crippen molar-refractivity contribution in [2.45, 2.75) is 29.2 Å². The van der Waals surface area contributed by atoms with Crippen LogP contribution in [0.25, 0.3) is 11.3 Å². The maximum atomic E-state index is 12.8. The van der Waals surface area contributed by atoms with Crippen LogP contribution < -0.4 is 5.32 Å². The van der Waals surface area contributed by atoms with E-state index in [0.717, 1.165) is 25.5 Å². The fourth-order valence-electron chi connectivity index (χ4n) is 3.63. The van der Waals surface area contributed by atoms with E-state index in [4.69, 9.17) is 0 Å². The summed E-state index contributed by atoms with van der Waals surface area (Å²) in [6.45, 7) is 1.04. The molecule has 1 aromatic heterocycles. The predicted molar refractivity (Wildman–Crippen MR) is 128 cm³/mol. The number of rotatable bonds is 6. The van der Waals surface area contributed by atoms with Crippen molar-refractivity contribution in [1.29, 1.82) is 0 Å². The predicted octanol–water partition coefficient (Wildman–Crippen LogP) is 2.97. The number of carbonyl (C=O) groups is 1. The fraction of sp³-hybridized carbons (Fsp3) is 0.261. The standard InChI is InChI=1S/C23H24N4O5S2/c1-33(29,30)22-14-13-21(25-26-22)17-5-9-19(10-6-17)24-23(28)18-7-11-20(12-8-18)34(31,32)27-15-3-2-4-16-27/h5-14H,2-4,15-16H2,1H3,(H,24,28). The first kappa shape index (κ1) is 24.0. The lowest BCUT2D eigenvalue weighted by atomic mass is 10.1. The van der Waals surface area contributed by atoms with Crippen LogP contribution in [0.1, 0.15) is 29.6 Å². The Morgan fingerprint density at radius 3 is 2.03 bits per heavy atom. The first-order valence-corrected chi connectivity index (χ1v) is 14.0. The highest BCUT2D eigenvalue weighted by molar-refractivity contribution is 7.90. The molecule has 0 radical (unpaired) electrons. The van der Waals surface area contributed by atoms with Crippen LogP contribution in [0.5, 0.6) is 0 Å². The van der Waals surface area contributed by atoms with Gasteiger partial charge in [0.25, 0.3) is 5.91 Å². The van der Waals surface area contributed by atoms with E-state index in [2.05, 4.69) is 15.5 Å². The van der Waals surface area contributed by atoms with Gasteiger partial charge >= 0.3 is 0 Å². The SMILES string of the molecule is CS(=O)(=O)c1ccc(-c2ccc(NC(=O)c3ccc(S(=O)(=O)N4CCCCC4)cc3)cc2)nn1. The molecule has 0 unspecified atom stereocenters. The molecule has 1 aliphatic heterocycles. The monoisotopic (exact) mass is 500 g/mol. The number of benzene rings is 2. The number of amides is 1. The Kier molecular flexibility index (Phi) is 6.78. The number of nitrogens with one attached hydrogen (secondary N) is 1. The topological polar surface area (TPSA) is 126 Å². The van der Waals surface area contributed by atoms with E-state index in [0.29, 0.717) is 35.6 Å². The van der Waals surface area contributed by atoms with Crippen LogP contribution in [0.15, 0.2) is 70.6 Å². The summed E-state index contributed by atoms with van der Waals surface area (Å²) in [7, 11) is -6.97. The smallest absolute Gasteiger partial charge is 0.255 e. The minimum absolute atomic E-state index is 0.102. The molecule has 1 N–H and O–H groups in total. The molecular formula is C23H24N4O5S2. The first-order valence-electron chi connectivity index (χ1n) is 10.7. The second-order valence-electron chi connectivity index (χ2n) is 8.05. The maximum Gasteiger partial charge on any atom is 0.255 e. The second kappa shape index (κ2) is 9.61. The van der Waals surface area contributed by atoms with Gasteiger partial charge in [0.05, 0.1) is 10.6 Å². The van der Waals surface area contributed by atoms with Gasteiger partial charge in [-0.15, -0.1) is 10.2 Å². The van der Waals surface area contributed by atoms with Gasteiger partial charge in [-0.1, -0.05) is 18.6 Å². The Morgan fingerprint density at radius 1 is 0.824 bits per heavy atom. The molecule has 2 aromatic carbocycles. The number of hydrogen-bond donors (Lipinski definition) is 1. The molecule has 0 saturated carbocycles. The summed E-state index contributed by atoms with van der Waals surface area (Å²) in [5.74, 6) is -0.369. The summed E-state index contributed by atoms with van der Waals surface area (Å²) in [6, 6.07) is 15.7. The first-order chi connectivity index (χ1) is 16.1. The molecule has 1 saturated heterocycles. The van der Waals surface area contributed by atoms with Crippen molar-refractivity contribution in [2.24, 2.45) is 0 Å². The Balaban J connectivity index is 1.42. The second-order valence-corrected chi connectivity index (χ2v) is 12.0. The maximum absolute atomic E-state index is 12.8. The molecule has 4 rings (SSSR count). The van der Waals surface area contributed by atoms with E-state index in [1.165, 1.54) is 34.6 Å². The number of aromatic nitrogens is 2. The quantitative estimate of drug-likeness (QED) is 0.551. The molecule has 1 fully saturated rings. The molecule has 11 heteroatoms. The lowest BCUT2D eigenvalue weighted by Gasteiger charge is -2.25. The van der Waals surface area contributed by atoms with E-state index >= 15 is 0 Å². The van der Waals surface area contributed by atoms with Crippen LogP contribution in [-0.4, -0.2) is 56.6 Å². The third kappa shape index (κ3) is 5.32. The van der Waals surface area contributed by atoms with E-state index < -0.39 is 19.9 Å². The zero-order valence-corrected chi connectivity index (χ0v) is 20.1. The number of nitrogens with zero attached hydrogens (tertiary/aromatic N) is 3. The third-order valence-electron chi connectivity index (χ3n) is 5.53. The van der Waals surface area contributed by atoms with Crippen molar-refractivity contribution in [3.63, 3.8) is 0 Å². The molecule has 0 atom stereocenters. The summed E-state index contributed by atoms with van der Waals surface area (Å²) in [4.78, 5) is 12.8. The highest BCUT2D eigenvalue weighted by Gasteiger charge is 2.26. The zero-order valence-electron chi connectivity index (χ0n) is 18.5. The molecule has 3 aromatic rings. The molecule has 0 spiro atoms. The van der Waals surface area contributed by atoms with Crippen LogP contribution in [0.4, 0.5) is 5.69 Å². The third-order valence-corrected chi connectivity index (χ3v) is 8.42. The molecule has 34 heavy (non-hydrogen) atoms. The van der Waals surface area contributed by atoms with Crippen molar-refractivity contribution in [3.8, 4) is 11.3 Å². The molecular weight excluding hydrogens is 476 g/mol. The molecule has 1 aliphatic rings. The van der Waals surface area contributed by atoms with E-state index in [9.17, 15) is 21.6 Å². The summed E-state index contributed by atoms with van der Waals surface area (Å²) in [5.41, 5.74) is 2.08. The summed E-state index contributed by atoms with van der Waals surface area (Å²) in [6.07, 6.45) is 3.82. The van der Waals surface area contributed by atoms with Crippen LogP contribution in [0.2, 0.25) is 0 Å². The summed E-state index contributed by atoms with van der Waals surface area (Å²) < 4.78 is 50.0. The molecule has 0 bridgehead atoms. The Hall–Kier alpha value is -3.15. The highest BCUT2D eigenvalue weighted by atomic mass is 32.2. The Morgan fingerprint density at radius 2 is 1.47 bits per heavy atom. The zero-order chi connectivity index (χ0) is 24.3. The van der Waals surface area contributed by atoms with Gasteiger partial charge in [0.2, 0.25) is 10.0 Å². The van der Waals surface area contributed by atoms with Crippen LogP contribution in [-0.2, 0) is 19.9 Å². The van der Waals surface area contributed by atoms with Crippen LogP contribution in [0, 0.1) is 0 Å². The molecule has 1 amide bonds. The summed E-state index contributed by atoms with van der Waals surface area (Å²) in [5, 5.41) is 10.4. The van der Waals surface area contributed by atoms with Crippen molar-refractivity contribution >= 4 is 31.5 Å². The number of piperidine rings is 1. The number of anilines is 1. The van der Waals surface area contributed by atoms with Crippen molar-refractivity contribution in [2.75, 3.05) is 24.7 Å². The van der Waals surface area contributed by atoms with Crippen molar-refractivity contribution < 1.29 is 21.6 Å². The molecule has 0 aliphatic carbocycles. The van der Waals surface area contributed by atoms with Gasteiger partial charge in [0.15, 0.2) is 14.9 Å². The number of carbonyl (C=O) groups excluding carboxylic acids is 1. The minimum Gasteiger partial charge on any atom is -0.322 e. The van der Waals surface area contributed by atoms with Gasteiger partial charge in [-0.2, -0.15) is 4.31 Å². The van der Waals surface area contributed by atoms with Gasteiger partial charge < -0.3 is 5.32 Å². The van der Waals surface area contributed by atoms with Crippen LogP contribution >= 0.6 is 0 Å². The largest absolute Gasteiger partial charge is 0.322 e. The lowest BCUT2D eigenvalue weighted by molar-refractivity contribution is 0.102. The Labute approximate surface area is 198 Å². The molecule has 2 heterocycles. The average Bonchev–Trinajstić information content (AvgIpc) is 2.85. The molecule has 178 valence electrons. The number of hydrogen-bond acceptors (Lipinski definition) is 7. The highest BCUT2D eigenvalue weighted by Crippen LogP contribution is 2.22. The van der Waals surface area contributed by atoms with E-state index in [1.807, 2.05) is 0 Å². The fourth-order valence-corrected chi connectivity index (χ4v) is 5.65. The molecule has 9 nitrogen and oxygen atoms in total. The minimum atomic E-state index is -3.55. The summed E-state index contributed by atoms with van der Waals surface area (Å²) >= 11 is 0. The van der Waals surface area contributed by atoms with Gasteiger partial charge in [-0.3, -0.25) is 4.79 Å². The van der Waals surface area contributed by atoms with Gasteiger partial charge in [0, 0.05) is 36.2 Å². The average molecular weight is 501 g/mol. The lowest BCUT2D eigenvalue weighted by Crippen LogP contribution is -2.35. The van der Waals surface area contributed by atoms with Crippen molar-refractivity contribution in [1.82, 2.24) is 14.5 Å². The number of sulfone groups is 1. The number of sulfonamides is 1. The van der Waals surface area contributed by atoms with E-state index in [-0.39, 0.29) is 15.8 Å².